The lowest BCUT2D eigenvalue weighted by molar-refractivity contribution is -0.132. The molecule has 0 aromatic heterocycles. The molecule has 4 heteroatoms. The Bertz CT molecular complexity index is 108. The molecule has 0 aromatic carbocycles. The van der Waals surface area contributed by atoms with Crippen LogP contribution in [0, 0.1) is 0 Å². The van der Waals surface area contributed by atoms with E-state index in [4.69, 9.17) is 9.47 Å². The lowest BCUT2D eigenvalue weighted by atomic mass is 10.4. The van der Waals surface area contributed by atoms with E-state index in [-0.39, 0.29) is 6.29 Å². The summed E-state index contributed by atoms with van der Waals surface area (Å²) in [6.45, 7) is 7.21. The molecule has 0 radical (unpaired) electrons. The third-order valence-electron chi connectivity index (χ3n) is 1.72. The minimum absolute atomic E-state index is 0.0840. The Morgan fingerprint density at radius 1 is 1.21 bits per heavy atom. The first kappa shape index (κ1) is 14.2. The molecule has 0 amide bonds. The van der Waals surface area contributed by atoms with Crippen LogP contribution in [0.4, 0.5) is 0 Å². The first-order chi connectivity index (χ1) is 6.85. The highest BCUT2D eigenvalue weighted by Gasteiger charge is 2.05. The summed E-state index contributed by atoms with van der Waals surface area (Å²) in [7, 11) is 0. The highest BCUT2D eigenvalue weighted by atomic mass is 32.2. The SMILES string of the molecule is CCOC(CNCCCSC)OCC. The van der Waals surface area contributed by atoms with Crippen molar-refractivity contribution in [1.82, 2.24) is 5.32 Å². The Hall–Kier alpha value is 0.230. The molecule has 0 rings (SSSR count). The van der Waals surface area contributed by atoms with Gasteiger partial charge in [0.2, 0.25) is 0 Å². The number of thioether (sulfide) groups is 1. The largest absolute Gasteiger partial charge is 0.352 e. The van der Waals surface area contributed by atoms with Gasteiger partial charge in [-0.25, -0.2) is 0 Å². The third-order valence-corrected chi connectivity index (χ3v) is 2.42. The van der Waals surface area contributed by atoms with Crippen LogP contribution >= 0.6 is 11.8 Å². The minimum Gasteiger partial charge on any atom is -0.352 e. The maximum atomic E-state index is 5.40. The fourth-order valence-corrected chi connectivity index (χ4v) is 1.53. The summed E-state index contributed by atoms with van der Waals surface area (Å²) in [5.74, 6) is 1.21. The summed E-state index contributed by atoms with van der Waals surface area (Å²) in [4.78, 5) is 0. The van der Waals surface area contributed by atoms with Crippen LogP contribution in [0.2, 0.25) is 0 Å². The van der Waals surface area contributed by atoms with Crippen LogP contribution in [-0.4, -0.2) is 44.6 Å². The first-order valence-corrected chi connectivity index (χ1v) is 6.67. The summed E-state index contributed by atoms with van der Waals surface area (Å²) in [5, 5.41) is 3.33. The molecule has 14 heavy (non-hydrogen) atoms. The normalized spacial score (nSPS) is 11.1. The lowest BCUT2D eigenvalue weighted by Gasteiger charge is -2.17. The molecule has 0 aliphatic heterocycles. The van der Waals surface area contributed by atoms with Crippen LogP contribution in [0.1, 0.15) is 20.3 Å². The van der Waals surface area contributed by atoms with Crippen molar-refractivity contribution in [1.29, 1.82) is 0 Å². The van der Waals surface area contributed by atoms with Crippen molar-refractivity contribution in [3.8, 4) is 0 Å². The van der Waals surface area contributed by atoms with Crippen LogP contribution in [0.3, 0.4) is 0 Å². The highest BCUT2D eigenvalue weighted by molar-refractivity contribution is 7.98. The molecule has 0 saturated carbocycles. The van der Waals surface area contributed by atoms with Crippen molar-refractivity contribution in [2.75, 3.05) is 38.3 Å². The van der Waals surface area contributed by atoms with Crippen molar-refractivity contribution in [3.05, 3.63) is 0 Å². The molecule has 3 nitrogen and oxygen atoms in total. The molecule has 86 valence electrons. The molecule has 1 N–H and O–H groups in total. The van der Waals surface area contributed by atoms with E-state index in [0.717, 1.165) is 13.1 Å². The van der Waals surface area contributed by atoms with Crippen LogP contribution in [0.5, 0.6) is 0 Å². The maximum Gasteiger partial charge on any atom is 0.169 e. The number of hydrogen-bond donors (Lipinski definition) is 1. The number of nitrogens with one attached hydrogen (secondary N) is 1. The standard InChI is InChI=1S/C10H23NO2S/c1-4-12-10(13-5-2)9-11-7-6-8-14-3/h10-11H,4-9H2,1-3H3. The third kappa shape index (κ3) is 8.81. The topological polar surface area (TPSA) is 30.5 Å². The summed E-state index contributed by atoms with van der Waals surface area (Å²) < 4.78 is 10.8. The monoisotopic (exact) mass is 221 g/mol. The summed E-state index contributed by atoms with van der Waals surface area (Å²) in [6, 6.07) is 0. The van der Waals surface area contributed by atoms with Crippen LogP contribution in [0.15, 0.2) is 0 Å². The smallest absolute Gasteiger partial charge is 0.169 e. The second kappa shape index (κ2) is 11.3. The van der Waals surface area contributed by atoms with E-state index < -0.39 is 0 Å². The van der Waals surface area contributed by atoms with E-state index in [1.165, 1.54) is 12.2 Å². The molecule has 0 aromatic rings. The van der Waals surface area contributed by atoms with Crippen LogP contribution in [-0.2, 0) is 9.47 Å². The summed E-state index contributed by atoms with van der Waals surface area (Å²) in [5.41, 5.74) is 0. The molecule has 0 aliphatic rings. The van der Waals surface area contributed by atoms with Gasteiger partial charge in [0.15, 0.2) is 6.29 Å². The zero-order chi connectivity index (χ0) is 10.6. The molecule has 0 fully saturated rings. The lowest BCUT2D eigenvalue weighted by Crippen LogP contribution is -2.32. The fraction of sp³-hybridized carbons (Fsp3) is 1.00. The Morgan fingerprint density at radius 3 is 2.36 bits per heavy atom. The van der Waals surface area contributed by atoms with Gasteiger partial charge in [0.25, 0.3) is 0 Å². The summed E-state index contributed by atoms with van der Waals surface area (Å²) in [6.07, 6.45) is 3.24. The van der Waals surface area contributed by atoms with E-state index in [2.05, 4.69) is 11.6 Å². The van der Waals surface area contributed by atoms with Gasteiger partial charge in [-0.15, -0.1) is 0 Å². The van der Waals surface area contributed by atoms with E-state index in [1.54, 1.807) is 0 Å². The quantitative estimate of drug-likeness (QED) is 0.449. The average molecular weight is 221 g/mol. The minimum atomic E-state index is -0.0840. The van der Waals surface area contributed by atoms with Crippen molar-refractivity contribution in [2.45, 2.75) is 26.6 Å². The molecular weight excluding hydrogens is 198 g/mol. The van der Waals surface area contributed by atoms with Gasteiger partial charge in [0.1, 0.15) is 0 Å². The molecule has 0 bridgehead atoms. The molecule has 0 spiro atoms. The Labute approximate surface area is 91.9 Å². The van der Waals surface area contributed by atoms with Gasteiger partial charge in [-0.3, -0.25) is 0 Å². The van der Waals surface area contributed by atoms with Gasteiger partial charge >= 0.3 is 0 Å². The van der Waals surface area contributed by atoms with Gasteiger partial charge in [-0.1, -0.05) is 0 Å². The summed E-state index contributed by atoms with van der Waals surface area (Å²) >= 11 is 1.88. The molecule has 0 atom stereocenters. The number of rotatable bonds is 10. The zero-order valence-corrected chi connectivity index (χ0v) is 10.4. The van der Waals surface area contributed by atoms with Crippen LogP contribution < -0.4 is 5.32 Å². The van der Waals surface area contributed by atoms with E-state index >= 15 is 0 Å². The van der Waals surface area contributed by atoms with Crippen molar-refractivity contribution >= 4 is 11.8 Å². The average Bonchev–Trinajstić information content (AvgIpc) is 2.18. The fourth-order valence-electron chi connectivity index (χ4n) is 1.10. The van der Waals surface area contributed by atoms with Crippen LogP contribution in [0.25, 0.3) is 0 Å². The van der Waals surface area contributed by atoms with Crippen molar-refractivity contribution in [2.24, 2.45) is 0 Å². The van der Waals surface area contributed by atoms with Gasteiger partial charge < -0.3 is 14.8 Å². The van der Waals surface area contributed by atoms with Gasteiger partial charge in [0, 0.05) is 19.8 Å². The van der Waals surface area contributed by atoms with Gasteiger partial charge in [0.05, 0.1) is 0 Å². The molecule has 0 heterocycles. The Morgan fingerprint density at radius 2 is 1.86 bits per heavy atom. The van der Waals surface area contributed by atoms with Crippen molar-refractivity contribution < 1.29 is 9.47 Å². The number of hydrogen-bond acceptors (Lipinski definition) is 4. The Kier molecular flexibility index (Phi) is 11.5. The second-order valence-corrected chi connectivity index (χ2v) is 3.88. The maximum absolute atomic E-state index is 5.40. The predicted octanol–water partition coefficient (Wildman–Crippen LogP) is 1.73. The molecular formula is C10H23NO2S. The van der Waals surface area contributed by atoms with Crippen molar-refractivity contribution in [3.63, 3.8) is 0 Å². The zero-order valence-electron chi connectivity index (χ0n) is 9.54. The van der Waals surface area contributed by atoms with E-state index in [0.29, 0.717) is 13.2 Å². The predicted molar refractivity (Wildman–Crippen MR) is 62.9 cm³/mol. The van der Waals surface area contributed by atoms with Gasteiger partial charge in [-0.2, -0.15) is 11.8 Å². The Balaban J connectivity index is 3.30. The first-order valence-electron chi connectivity index (χ1n) is 5.28. The molecule has 0 saturated heterocycles. The second-order valence-electron chi connectivity index (χ2n) is 2.89. The van der Waals surface area contributed by atoms with E-state index in [9.17, 15) is 0 Å². The van der Waals surface area contributed by atoms with Gasteiger partial charge in [-0.05, 0) is 38.8 Å². The highest BCUT2D eigenvalue weighted by Crippen LogP contribution is 1.95. The molecule has 0 aliphatic carbocycles. The molecule has 0 unspecified atom stereocenters. The number of ether oxygens (including phenoxy) is 2. The van der Waals surface area contributed by atoms with E-state index in [1.807, 2.05) is 25.6 Å².